The van der Waals surface area contributed by atoms with E-state index in [1.807, 2.05) is 13.8 Å². The van der Waals surface area contributed by atoms with Crippen LogP contribution in [0.15, 0.2) is 0 Å². The third-order valence-electron chi connectivity index (χ3n) is 2.26. The second-order valence-corrected chi connectivity index (χ2v) is 7.00. The summed E-state index contributed by atoms with van der Waals surface area (Å²) in [6.45, 7) is 7.04. The van der Waals surface area contributed by atoms with Crippen molar-refractivity contribution < 1.29 is 13.2 Å². The summed E-state index contributed by atoms with van der Waals surface area (Å²) in [5.41, 5.74) is -0.200. The Morgan fingerprint density at radius 2 is 1.79 bits per heavy atom. The molecule has 84 valence electrons. The summed E-state index contributed by atoms with van der Waals surface area (Å²) in [4.78, 5) is 10.9. The number of hydrogen-bond acceptors (Lipinski definition) is 3. The predicted molar refractivity (Wildman–Crippen MR) is 58.0 cm³/mol. The van der Waals surface area contributed by atoms with Crippen LogP contribution in [-0.2, 0) is 14.6 Å². The average molecular weight is 220 g/mol. The number of Topliss-reactive ketones (excluding diaryl/α,β-unsaturated/α-hetero) is 1. The maximum absolute atomic E-state index is 11.2. The Morgan fingerprint density at radius 1 is 1.29 bits per heavy atom. The van der Waals surface area contributed by atoms with Gasteiger partial charge in [0.15, 0.2) is 0 Å². The highest BCUT2D eigenvalue weighted by atomic mass is 32.2. The molecule has 0 aliphatic carbocycles. The molecule has 0 atom stereocenters. The van der Waals surface area contributed by atoms with Crippen LogP contribution in [0.2, 0.25) is 0 Å². The smallest absolute Gasteiger partial charge is 0.150 e. The SMILES string of the molecule is CCS(=O)(=O)CCC(C)(C)CC(C)=O. The Kier molecular flexibility index (Phi) is 4.78. The van der Waals surface area contributed by atoms with Gasteiger partial charge in [0, 0.05) is 12.2 Å². The van der Waals surface area contributed by atoms with Crippen LogP contribution >= 0.6 is 0 Å². The van der Waals surface area contributed by atoms with E-state index in [1.165, 1.54) is 6.92 Å². The standard InChI is InChI=1S/C10H20O3S/c1-5-14(12,13)7-6-10(3,4)8-9(2)11/h5-8H2,1-4H3. The van der Waals surface area contributed by atoms with Gasteiger partial charge in [-0.2, -0.15) is 0 Å². The molecule has 0 aromatic carbocycles. The molecule has 0 amide bonds. The van der Waals surface area contributed by atoms with E-state index >= 15 is 0 Å². The molecular weight excluding hydrogens is 200 g/mol. The van der Waals surface area contributed by atoms with E-state index < -0.39 is 9.84 Å². The minimum Gasteiger partial charge on any atom is -0.300 e. The van der Waals surface area contributed by atoms with Gasteiger partial charge in [0.1, 0.15) is 15.6 Å². The minimum atomic E-state index is -2.90. The molecule has 0 spiro atoms. The Labute approximate surface area is 86.8 Å². The van der Waals surface area contributed by atoms with Crippen molar-refractivity contribution >= 4 is 15.6 Å². The van der Waals surface area contributed by atoms with E-state index in [-0.39, 0.29) is 22.7 Å². The van der Waals surface area contributed by atoms with Gasteiger partial charge in [-0.1, -0.05) is 20.8 Å². The Morgan fingerprint density at radius 3 is 2.14 bits per heavy atom. The van der Waals surface area contributed by atoms with Crippen molar-refractivity contribution in [2.24, 2.45) is 5.41 Å². The molecule has 0 aromatic rings. The molecule has 0 rings (SSSR count). The van der Waals surface area contributed by atoms with Gasteiger partial charge >= 0.3 is 0 Å². The van der Waals surface area contributed by atoms with Gasteiger partial charge < -0.3 is 4.79 Å². The normalized spacial score (nSPS) is 12.9. The Hall–Kier alpha value is -0.380. The first-order chi connectivity index (χ1) is 6.18. The molecule has 3 nitrogen and oxygen atoms in total. The first-order valence-electron chi connectivity index (χ1n) is 4.88. The molecule has 0 bridgehead atoms. The van der Waals surface area contributed by atoms with Gasteiger partial charge in [0.25, 0.3) is 0 Å². The van der Waals surface area contributed by atoms with Crippen LogP contribution in [0, 0.1) is 5.41 Å². The molecule has 0 unspecified atom stereocenters. The van der Waals surface area contributed by atoms with E-state index in [0.717, 1.165) is 0 Å². The fourth-order valence-electron chi connectivity index (χ4n) is 1.34. The van der Waals surface area contributed by atoms with E-state index in [0.29, 0.717) is 12.8 Å². The number of ketones is 1. The third kappa shape index (κ3) is 6.13. The fraction of sp³-hybridized carbons (Fsp3) is 0.900. The average Bonchev–Trinajstić information content (AvgIpc) is 1.99. The van der Waals surface area contributed by atoms with Crippen molar-refractivity contribution in [3.63, 3.8) is 0 Å². The van der Waals surface area contributed by atoms with Crippen molar-refractivity contribution in [3.05, 3.63) is 0 Å². The predicted octanol–water partition coefficient (Wildman–Crippen LogP) is 1.82. The summed E-state index contributed by atoms with van der Waals surface area (Å²) < 4.78 is 22.5. The zero-order valence-electron chi connectivity index (χ0n) is 9.46. The molecule has 14 heavy (non-hydrogen) atoms. The zero-order chi connectivity index (χ0) is 11.4. The van der Waals surface area contributed by atoms with Crippen molar-refractivity contribution in [1.82, 2.24) is 0 Å². The lowest BCUT2D eigenvalue weighted by Crippen LogP contribution is -2.21. The molecule has 0 aliphatic heterocycles. The van der Waals surface area contributed by atoms with Gasteiger partial charge in [0.2, 0.25) is 0 Å². The van der Waals surface area contributed by atoms with Crippen LogP contribution in [-0.4, -0.2) is 25.7 Å². The second kappa shape index (κ2) is 4.91. The summed E-state index contributed by atoms with van der Waals surface area (Å²) in [5, 5.41) is 0. The minimum absolute atomic E-state index is 0.115. The van der Waals surface area contributed by atoms with Gasteiger partial charge in [-0.15, -0.1) is 0 Å². The highest BCUT2D eigenvalue weighted by Gasteiger charge is 2.22. The summed E-state index contributed by atoms with van der Waals surface area (Å²) in [6.07, 6.45) is 1.01. The summed E-state index contributed by atoms with van der Waals surface area (Å²) in [7, 11) is -2.90. The van der Waals surface area contributed by atoms with Crippen LogP contribution in [0.5, 0.6) is 0 Å². The highest BCUT2D eigenvalue weighted by Crippen LogP contribution is 2.25. The van der Waals surface area contributed by atoms with Crippen molar-refractivity contribution in [3.8, 4) is 0 Å². The fourth-order valence-corrected chi connectivity index (χ4v) is 2.49. The number of rotatable bonds is 6. The van der Waals surface area contributed by atoms with Gasteiger partial charge in [-0.3, -0.25) is 0 Å². The number of hydrogen-bond donors (Lipinski definition) is 0. The summed E-state index contributed by atoms with van der Waals surface area (Å²) >= 11 is 0. The van der Waals surface area contributed by atoms with Crippen molar-refractivity contribution in [2.75, 3.05) is 11.5 Å². The molecule has 0 saturated heterocycles. The molecule has 4 heteroatoms. The molecule has 0 N–H and O–H groups in total. The van der Waals surface area contributed by atoms with E-state index in [2.05, 4.69) is 0 Å². The van der Waals surface area contributed by atoms with Crippen LogP contribution in [0.25, 0.3) is 0 Å². The maximum atomic E-state index is 11.2. The van der Waals surface area contributed by atoms with Crippen LogP contribution in [0.4, 0.5) is 0 Å². The second-order valence-electron chi connectivity index (χ2n) is 4.53. The van der Waals surface area contributed by atoms with Gasteiger partial charge in [-0.05, 0) is 18.8 Å². The number of carbonyl (C=O) groups is 1. The lowest BCUT2D eigenvalue weighted by Gasteiger charge is -2.22. The van der Waals surface area contributed by atoms with E-state index in [9.17, 15) is 13.2 Å². The summed E-state index contributed by atoms with van der Waals surface area (Å²) in [6, 6.07) is 0. The quantitative estimate of drug-likeness (QED) is 0.686. The van der Waals surface area contributed by atoms with Crippen molar-refractivity contribution in [2.45, 2.75) is 40.5 Å². The highest BCUT2D eigenvalue weighted by molar-refractivity contribution is 7.91. The molecule has 0 aliphatic rings. The lowest BCUT2D eigenvalue weighted by molar-refractivity contribution is -0.118. The van der Waals surface area contributed by atoms with E-state index in [4.69, 9.17) is 0 Å². The monoisotopic (exact) mass is 220 g/mol. The first-order valence-corrected chi connectivity index (χ1v) is 6.70. The van der Waals surface area contributed by atoms with Gasteiger partial charge in [-0.25, -0.2) is 8.42 Å². The van der Waals surface area contributed by atoms with Crippen LogP contribution in [0.3, 0.4) is 0 Å². The Balaban J connectivity index is 4.18. The first kappa shape index (κ1) is 13.6. The number of carbonyl (C=O) groups excluding carboxylic acids is 1. The maximum Gasteiger partial charge on any atom is 0.150 e. The van der Waals surface area contributed by atoms with Crippen LogP contribution in [0.1, 0.15) is 40.5 Å². The largest absolute Gasteiger partial charge is 0.300 e. The zero-order valence-corrected chi connectivity index (χ0v) is 10.3. The molecule has 0 saturated carbocycles. The van der Waals surface area contributed by atoms with E-state index in [1.54, 1.807) is 6.92 Å². The lowest BCUT2D eigenvalue weighted by atomic mass is 9.85. The molecule has 0 radical (unpaired) electrons. The molecule has 0 aromatic heterocycles. The van der Waals surface area contributed by atoms with Gasteiger partial charge in [0.05, 0.1) is 5.75 Å². The molecule has 0 heterocycles. The third-order valence-corrected chi connectivity index (χ3v) is 3.96. The number of sulfone groups is 1. The van der Waals surface area contributed by atoms with Crippen LogP contribution < -0.4 is 0 Å². The van der Waals surface area contributed by atoms with Crippen molar-refractivity contribution in [1.29, 1.82) is 0 Å². The Bertz CT molecular complexity index is 288. The summed E-state index contributed by atoms with van der Waals surface area (Å²) in [5.74, 6) is 0.483. The molecule has 0 fully saturated rings. The topological polar surface area (TPSA) is 51.2 Å². The molecular formula is C10H20O3S.